The van der Waals surface area contributed by atoms with E-state index in [0.717, 1.165) is 54.6 Å². The van der Waals surface area contributed by atoms with Crippen LogP contribution in [0.1, 0.15) is 59.8 Å². The maximum absolute atomic E-state index is 13.5. The molecule has 1 aromatic carbocycles. The molecule has 2 aliphatic rings. The van der Waals surface area contributed by atoms with Crippen LogP contribution in [-0.4, -0.2) is 83.5 Å². The minimum atomic E-state index is -0.383. The third kappa shape index (κ3) is 8.93. The fourth-order valence-electron chi connectivity index (χ4n) is 6.75. The van der Waals surface area contributed by atoms with Gasteiger partial charge in [-0.1, -0.05) is 29.8 Å². The molecule has 0 radical (unpaired) electrons. The molecule has 53 heavy (non-hydrogen) atoms. The van der Waals surface area contributed by atoms with Crippen LogP contribution in [0.5, 0.6) is 11.6 Å². The average Bonchev–Trinajstić information content (AvgIpc) is 3.59. The van der Waals surface area contributed by atoms with Gasteiger partial charge in [-0.15, -0.1) is 0 Å². The van der Waals surface area contributed by atoms with E-state index >= 15 is 0 Å². The lowest BCUT2D eigenvalue weighted by Crippen LogP contribution is -2.44. The Bertz CT molecular complexity index is 1980. The van der Waals surface area contributed by atoms with Crippen molar-refractivity contribution < 1.29 is 23.9 Å². The fourth-order valence-corrected chi connectivity index (χ4v) is 7.06. The summed E-state index contributed by atoms with van der Waals surface area (Å²) in [4.78, 5) is 52.3. The number of anilines is 1. The fraction of sp³-hybridized carbons (Fsp3) is 0.385. The van der Waals surface area contributed by atoms with Gasteiger partial charge in [0.2, 0.25) is 17.7 Å². The van der Waals surface area contributed by atoms with E-state index in [4.69, 9.17) is 26.1 Å². The summed E-state index contributed by atoms with van der Waals surface area (Å²) in [6.07, 6.45) is 6.48. The number of amides is 3. The molecular weight excluding hydrogens is 696 g/mol. The summed E-state index contributed by atoms with van der Waals surface area (Å²) in [5.74, 6) is 0.846. The highest BCUT2D eigenvalue weighted by Crippen LogP contribution is 2.38. The van der Waals surface area contributed by atoms with Gasteiger partial charge in [0.25, 0.3) is 5.91 Å². The lowest BCUT2D eigenvalue weighted by molar-refractivity contribution is -0.130. The Balaban J connectivity index is 1.13. The first-order chi connectivity index (χ1) is 25.6. The van der Waals surface area contributed by atoms with Gasteiger partial charge < -0.3 is 35.6 Å². The van der Waals surface area contributed by atoms with Crippen molar-refractivity contribution in [2.24, 2.45) is 0 Å². The number of benzene rings is 1. The molecule has 0 saturated carbocycles. The second kappa shape index (κ2) is 17.1. The van der Waals surface area contributed by atoms with Crippen molar-refractivity contribution in [3.8, 4) is 34.1 Å². The number of ether oxygens (including phenoxy) is 2. The highest BCUT2D eigenvalue weighted by molar-refractivity contribution is 6.35. The highest BCUT2D eigenvalue weighted by atomic mass is 35.5. The molecular formula is C39H45ClN8O5. The summed E-state index contributed by atoms with van der Waals surface area (Å²) in [6, 6.07) is 13.3. The van der Waals surface area contributed by atoms with Crippen molar-refractivity contribution in [3.05, 3.63) is 82.3 Å². The molecule has 4 aromatic rings. The van der Waals surface area contributed by atoms with E-state index in [1.165, 1.54) is 0 Å². The monoisotopic (exact) mass is 740 g/mol. The van der Waals surface area contributed by atoms with E-state index in [9.17, 15) is 14.4 Å². The van der Waals surface area contributed by atoms with E-state index < -0.39 is 0 Å². The molecule has 3 amide bonds. The molecule has 2 aliphatic heterocycles. The van der Waals surface area contributed by atoms with Crippen LogP contribution in [0.2, 0.25) is 5.02 Å². The zero-order chi connectivity index (χ0) is 37.5. The number of methoxy groups -OCH3 is 2. The van der Waals surface area contributed by atoms with Crippen molar-refractivity contribution >= 4 is 35.0 Å². The van der Waals surface area contributed by atoms with Gasteiger partial charge in [-0.05, 0) is 49.9 Å². The van der Waals surface area contributed by atoms with E-state index in [1.54, 1.807) is 39.6 Å². The normalized spacial score (nSPS) is 16.0. The number of rotatable bonds is 13. The largest absolute Gasteiger partial charge is 0.496 e. The summed E-state index contributed by atoms with van der Waals surface area (Å²) in [6.45, 7) is 6.70. The van der Waals surface area contributed by atoms with Crippen LogP contribution >= 0.6 is 11.6 Å². The number of nitrogens with one attached hydrogen (secondary N) is 4. The zero-order valence-electron chi connectivity index (χ0n) is 30.4. The minimum Gasteiger partial charge on any atom is -0.496 e. The molecule has 2 saturated heterocycles. The van der Waals surface area contributed by atoms with Crippen molar-refractivity contribution in [2.45, 2.75) is 64.7 Å². The number of hydrogen-bond donors (Lipinski definition) is 4. The Morgan fingerprint density at radius 3 is 2.53 bits per heavy atom. The molecule has 14 heteroatoms. The summed E-state index contributed by atoms with van der Waals surface area (Å²) in [5, 5.41) is 13.3. The van der Waals surface area contributed by atoms with Gasteiger partial charge in [0.15, 0.2) is 0 Å². The SMILES string of the molecule is COc1cc(C(=O)Nc2cccc(-c3nccc(-c4ccc(CNCC5CCC(=O)N5)c(OC)n4)c3Cl)c2C)ncc1CNC1CCN(C(C)=O)CC1. The Kier molecular flexibility index (Phi) is 12.2. The van der Waals surface area contributed by atoms with Crippen LogP contribution in [0, 0.1) is 6.92 Å². The van der Waals surface area contributed by atoms with Gasteiger partial charge in [-0.25, -0.2) is 4.98 Å². The Hall–Kier alpha value is -5.11. The van der Waals surface area contributed by atoms with Crippen LogP contribution in [0.4, 0.5) is 5.69 Å². The number of carbonyl (C=O) groups is 3. The van der Waals surface area contributed by atoms with E-state index in [2.05, 4.69) is 31.2 Å². The second-order valence-electron chi connectivity index (χ2n) is 13.3. The van der Waals surface area contributed by atoms with Crippen LogP contribution < -0.4 is 30.7 Å². The maximum atomic E-state index is 13.5. The first-order valence-electron chi connectivity index (χ1n) is 17.8. The van der Waals surface area contributed by atoms with E-state index in [-0.39, 0.29) is 35.5 Å². The summed E-state index contributed by atoms with van der Waals surface area (Å²) >= 11 is 7.03. The molecule has 1 unspecified atom stereocenters. The number of pyridine rings is 3. The molecule has 3 aromatic heterocycles. The standard InChI is InChI=1S/C39H45ClN8O5/c1-23-29(37-36(40)30(12-15-42-37)32-10-8-25(39(47-32)53-4)19-41-22-28-9-11-35(50)45-28)6-5-7-31(23)46-38(51)33-18-34(52-3)26(21-44-33)20-43-27-13-16-48(17-14-27)24(2)49/h5-8,10,12,15,18,21,27-28,41,43H,9,11,13-14,16-17,19-20,22H2,1-4H3,(H,45,50)(H,46,51). The average molecular weight is 741 g/mol. The molecule has 13 nitrogen and oxygen atoms in total. The molecule has 4 N–H and O–H groups in total. The van der Waals surface area contributed by atoms with Gasteiger partial charge in [-0.3, -0.25) is 24.4 Å². The van der Waals surface area contributed by atoms with E-state index in [0.29, 0.717) is 65.3 Å². The topological polar surface area (TPSA) is 160 Å². The minimum absolute atomic E-state index is 0.0880. The van der Waals surface area contributed by atoms with Gasteiger partial charge in [0.1, 0.15) is 11.4 Å². The number of hydrogen-bond acceptors (Lipinski definition) is 10. The van der Waals surface area contributed by atoms with Gasteiger partial charge in [0.05, 0.1) is 30.6 Å². The first-order valence-corrected chi connectivity index (χ1v) is 18.1. The molecule has 1 atom stereocenters. The number of halogens is 1. The molecule has 2 fully saturated rings. The third-order valence-electron chi connectivity index (χ3n) is 9.84. The molecule has 0 aliphatic carbocycles. The van der Waals surface area contributed by atoms with Crippen LogP contribution in [0.15, 0.2) is 54.9 Å². The second-order valence-corrected chi connectivity index (χ2v) is 13.7. The number of nitrogens with zero attached hydrogens (tertiary/aromatic N) is 4. The Morgan fingerprint density at radius 2 is 1.81 bits per heavy atom. The highest BCUT2D eigenvalue weighted by Gasteiger charge is 2.23. The quantitative estimate of drug-likeness (QED) is 0.148. The van der Waals surface area contributed by atoms with Crippen molar-refractivity contribution in [1.82, 2.24) is 35.8 Å². The molecule has 278 valence electrons. The van der Waals surface area contributed by atoms with Crippen LogP contribution in [0.25, 0.3) is 22.5 Å². The maximum Gasteiger partial charge on any atom is 0.274 e. The number of aromatic nitrogens is 3. The van der Waals surface area contributed by atoms with E-state index in [1.807, 2.05) is 48.2 Å². The lowest BCUT2D eigenvalue weighted by Gasteiger charge is -2.31. The van der Waals surface area contributed by atoms with Crippen LogP contribution in [-0.2, 0) is 22.7 Å². The molecule has 0 spiro atoms. The Labute approximate surface area is 314 Å². The predicted octanol–water partition coefficient (Wildman–Crippen LogP) is 4.91. The summed E-state index contributed by atoms with van der Waals surface area (Å²) < 4.78 is 11.3. The number of carbonyl (C=O) groups excluding carboxylic acids is 3. The van der Waals surface area contributed by atoms with Gasteiger partial charge in [-0.2, -0.15) is 0 Å². The van der Waals surface area contributed by atoms with Gasteiger partial charge in [0, 0.05) is 105 Å². The first kappa shape index (κ1) is 37.6. The molecule has 6 rings (SSSR count). The predicted molar refractivity (Wildman–Crippen MR) is 203 cm³/mol. The smallest absolute Gasteiger partial charge is 0.274 e. The third-order valence-corrected chi connectivity index (χ3v) is 10.2. The van der Waals surface area contributed by atoms with Gasteiger partial charge >= 0.3 is 0 Å². The van der Waals surface area contributed by atoms with Crippen molar-refractivity contribution in [3.63, 3.8) is 0 Å². The molecule has 0 bridgehead atoms. The summed E-state index contributed by atoms with van der Waals surface area (Å²) in [7, 11) is 3.15. The number of piperidine rings is 1. The molecule has 5 heterocycles. The Morgan fingerprint density at radius 1 is 1.00 bits per heavy atom. The van der Waals surface area contributed by atoms with Crippen molar-refractivity contribution in [1.29, 1.82) is 0 Å². The number of likely N-dealkylation sites (tertiary alicyclic amines) is 1. The lowest BCUT2D eigenvalue weighted by atomic mass is 10.0. The summed E-state index contributed by atoms with van der Waals surface area (Å²) in [5.41, 5.74) is 5.92. The van der Waals surface area contributed by atoms with Crippen LogP contribution in [0.3, 0.4) is 0 Å². The zero-order valence-corrected chi connectivity index (χ0v) is 31.2. The van der Waals surface area contributed by atoms with Crippen molar-refractivity contribution in [2.75, 3.05) is 39.2 Å².